The first kappa shape index (κ1) is 34.9. The number of hydrogen-bond acceptors (Lipinski definition) is 14. The highest BCUT2D eigenvalue weighted by Crippen LogP contribution is 2.28. The number of aromatic nitrogens is 3. The molecule has 0 spiro atoms. The lowest BCUT2D eigenvalue weighted by Gasteiger charge is -2.28. The van der Waals surface area contributed by atoms with Crippen LogP contribution in [0.3, 0.4) is 0 Å². The van der Waals surface area contributed by atoms with Crippen molar-refractivity contribution in [1.82, 2.24) is 27.3 Å². The summed E-state index contributed by atoms with van der Waals surface area (Å²) >= 11 is 0. The molecule has 1 aliphatic heterocycles. The number of nitro benzene ring substituents is 1. The Morgan fingerprint density at radius 3 is 2.29 bits per heavy atom. The Hall–Kier alpha value is -4.15. The number of para-hydroxylation sites is 1. The number of halogens is 1. The topological polar surface area (TPSA) is 249 Å². The van der Waals surface area contributed by atoms with Crippen LogP contribution >= 0.6 is 12.4 Å². The van der Waals surface area contributed by atoms with Gasteiger partial charge >= 0.3 is 5.97 Å². The Labute approximate surface area is 247 Å². The zero-order chi connectivity index (χ0) is 26.9. The van der Waals surface area contributed by atoms with E-state index < -0.39 is 16.6 Å². The molecule has 1 fully saturated rings. The first-order valence-electron chi connectivity index (χ1n) is 12.5. The molecule has 2 heterocycles. The Kier molecular flexibility index (Phi) is 14.3. The molecule has 1 saturated heterocycles. The molecule has 228 valence electrons. The van der Waals surface area contributed by atoms with Gasteiger partial charge in [0, 0.05) is 53.9 Å². The molecule has 0 unspecified atom stereocenters. The van der Waals surface area contributed by atoms with Gasteiger partial charge in [0.1, 0.15) is 11.3 Å². The third-order valence-corrected chi connectivity index (χ3v) is 5.96. The van der Waals surface area contributed by atoms with Gasteiger partial charge in [0.2, 0.25) is 17.8 Å². The lowest BCUT2D eigenvalue weighted by molar-refractivity contribution is -0.385. The molecule has 0 aliphatic carbocycles. The summed E-state index contributed by atoms with van der Waals surface area (Å²) in [6, 6.07) is 12.5. The number of ether oxygens (including phenoxy) is 1. The van der Waals surface area contributed by atoms with Crippen molar-refractivity contribution < 1.29 is 17.3 Å². The number of carbonyl (C=O) groups excluding carboxylic acids is 1. The molecule has 1 aromatic heterocycles. The quantitative estimate of drug-likeness (QED) is 0.0917. The molecule has 0 atom stereocenters. The van der Waals surface area contributed by atoms with Crippen LogP contribution in [0.2, 0.25) is 0 Å². The summed E-state index contributed by atoms with van der Waals surface area (Å²) in [5.41, 5.74) is 11.3. The first-order chi connectivity index (χ1) is 18.5. The van der Waals surface area contributed by atoms with E-state index in [1.807, 2.05) is 4.90 Å². The predicted octanol–water partition coefficient (Wildman–Crippen LogP) is 3.69. The van der Waals surface area contributed by atoms with Crippen molar-refractivity contribution in [2.75, 3.05) is 54.4 Å². The second kappa shape index (κ2) is 16.8. The van der Waals surface area contributed by atoms with Crippen molar-refractivity contribution in [2.24, 2.45) is 11.5 Å². The number of rotatable bonds is 11. The Balaban J connectivity index is 0. The highest BCUT2D eigenvalue weighted by atomic mass is 35.5. The number of nitrogens with zero attached hydrogens (tertiary/aromatic N) is 6. The third-order valence-electron chi connectivity index (χ3n) is 5.96. The van der Waals surface area contributed by atoms with Gasteiger partial charge in [-0.2, -0.15) is 15.0 Å². The van der Waals surface area contributed by atoms with Gasteiger partial charge in [-0.05, 0) is 43.5 Å². The highest BCUT2D eigenvalue weighted by molar-refractivity contribution is 5.96. The predicted molar refractivity (Wildman–Crippen MR) is 166 cm³/mol. The maximum Gasteiger partial charge on any atom is 0.350 e. The van der Waals surface area contributed by atoms with Crippen molar-refractivity contribution in [3.05, 3.63) is 64.2 Å². The van der Waals surface area contributed by atoms with Crippen molar-refractivity contribution in [2.45, 2.75) is 19.3 Å². The smallest absolute Gasteiger partial charge is 0.350 e. The molecule has 11 N–H and O–H groups in total. The van der Waals surface area contributed by atoms with Crippen LogP contribution in [0, 0.1) is 10.1 Å². The highest BCUT2D eigenvalue weighted by Gasteiger charge is 2.24. The van der Waals surface area contributed by atoms with Crippen LogP contribution in [0.1, 0.15) is 32.5 Å². The van der Waals surface area contributed by atoms with Crippen molar-refractivity contribution in [3.8, 4) is 5.75 Å². The van der Waals surface area contributed by atoms with Crippen LogP contribution in [0.5, 0.6) is 5.75 Å². The monoisotopic (exact) mass is 595 g/mol. The Morgan fingerprint density at radius 1 is 1.02 bits per heavy atom. The van der Waals surface area contributed by atoms with Crippen LogP contribution in [0.15, 0.2) is 48.5 Å². The lowest BCUT2D eigenvalue weighted by Crippen LogP contribution is -2.36. The maximum absolute atomic E-state index is 12.7. The number of benzene rings is 2. The average molecular weight is 596 g/mol. The Morgan fingerprint density at radius 2 is 1.68 bits per heavy atom. The zero-order valence-corrected chi connectivity index (χ0v) is 23.6. The minimum Gasteiger partial charge on any atom is -0.423 e. The number of esters is 1. The summed E-state index contributed by atoms with van der Waals surface area (Å²) < 4.78 is 5.29. The molecule has 0 amide bonds. The molecule has 2 aromatic carbocycles. The summed E-state index contributed by atoms with van der Waals surface area (Å²) in [5.74, 6) is 0.592. The van der Waals surface area contributed by atoms with Crippen molar-refractivity contribution >= 4 is 47.6 Å². The van der Waals surface area contributed by atoms with E-state index in [2.05, 4.69) is 25.2 Å². The van der Waals surface area contributed by atoms with E-state index in [1.165, 1.54) is 18.2 Å². The third kappa shape index (κ3) is 9.19. The fourth-order valence-corrected chi connectivity index (χ4v) is 4.12. The first-order valence-corrected chi connectivity index (χ1v) is 12.5. The second-order valence-electron chi connectivity index (χ2n) is 8.69. The number of anilines is 4. The van der Waals surface area contributed by atoms with E-state index in [0.29, 0.717) is 43.8 Å². The van der Waals surface area contributed by atoms with E-state index in [9.17, 15) is 14.9 Å². The van der Waals surface area contributed by atoms with Gasteiger partial charge in [0.25, 0.3) is 5.69 Å². The van der Waals surface area contributed by atoms with Crippen LogP contribution in [-0.4, -0.2) is 65.1 Å². The van der Waals surface area contributed by atoms with Crippen LogP contribution in [-0.2, 0) is 0 Å². The van der Waals surface area contributed by atoms with Gasteiger partial charge in [-0.15, -0.1) is 12.4 Å². The molecular weight excluding hydrogens is 554 g/mol. The summed E-state index contributed by atoms with van der Waals surface area (Å²) in [7, 11) is 0. The number of nitrogens with one attached hydrogen (secondary N) is 1. The number of piperidine rings is 1. The lowest BCUT2D eigenvalue weighted by atomic mass is 10.1. The van der Waals surface area contributed by atoms with E-state index in [0.717, 1.165) is 32.4 Å². The van der Waals surface area contributed by atoms with Gasteiger partial charge in [-0.1, -0.05) is 18.2 Å². The molecule has 0 radical (unpaired) electrons. The van der Waals surface area contributed by atoms with Crippen molar-refractivity contribution in [3.63, 3.8) is 0 Å². The van der Waals surface area contributed by atoms with Crippen LogP contribution in [0.4, 0.5) is 29.2 Å². The number of nitro groups is 1. The van der Waals surface area contributed by atoms with Gasteiger partial charge in [0.05, 0.1) is 4.92 Å². The molecule has 4 rings (SSSR count). The molecule has 3 aromatic rings. The fraction of sp³-hybridized carbons (Fsp3) is 0.360. The summed E-state index contributed by atoms with van der Waals surface area (Å²) in [6.45, 7) is 3.43. The summed E-state index contributed by atoms with van der Waals surface area (Å²) in [6.07, 6.45) is 3.21. The minimum atomic E-state index is -0.830. The molecule has 1 aliphatic rings. The second-order valence-corrected chi connectivity index (χ2v) is 8.69. The largest absolute Gasteiger partial charge is 0.423 e. The molecule has 0 bridgehead atoms. The standard InChI is InChI=1S/C25H31N9O4.ClH.2H3N.2H2/c26-11-15-33(16-12-27)25-30-23(29-24(31-25)32-13-5-2-6-14-32)28-18-9-10-20(21(17-18)34(36)37)22(35)38-19-7-3-1-4-8-19;;;;;/h1,3-4,7-10,17H,2,5-6,11-16,26-27H2,(H,28,29,30,31);1H;2*1H3;2*1H. The Bertz CT molecular complexity index is 1270. The van der Waals surface area contributed by atoms with Gasteiger partial charge < -0.3 is 43.6 Å². The molecule has 0 saturated carbocycles. The van der Waals surface area contributed by atoms with Gasteiger partial charge in [0.15, 0.2) is 0 Å². The normalized spacial score (nSPS) is 12.2. The van der Waals surface area contributed by atoms with E-state index in [1.54, 1.807) is 30.3 Å². The van der Waals surface area contributed by atoms with Crippen molar-refractivity contribution in [1.29, 1.82) is 0 Å². The number of hydrogen-bond donors (Lipinski definition) is 5. The van der Waals surface area contributed by atoms with E-state index >= 15 is 0 Å². The fourth-order valence-electron chi connectivity index (χ4n) is 4.12. The molecule has 41 heavy (non-hydrogen) atoms. The summed E-state index contributed by atoms with van der Waals surface area (Å²) in [4.78, 5) is 41.6. The number of carbonyl (C=O) groups is 1. The van der Waals surface area contributed by atoms with Gasteiger partial charge in [-0.25, -0.2) is 4.79 Å². The minimum absolute atomic E-state index is 0. The maximum atomic E-state index is 12.7. The molecular formula is C25H42ClN11O4. The van der Waals surface area contributed by atoms with Gasteiger partial charge in [-0.3, -0.25) is 10.1 Å². The van der Waals surface area contributed by atoms with Crippen LogP contribution < -0.4 is 43.6 Å². The number of nitrogens with two attached hydrogens (primary N) is 2. The summed E-state index contributed by atoms with van der Waals surface area (Å²) in [5, 5.41) is 14.9. The average Bonchev–Trinajstić information content (AvgIpc) is 2.93. The zero-order valence-electron chi connectivity index (χ0n) is 22.8. The molecule has 16 heteroatoms. The van der Waals surface area contributed by atoms with Crippen LogP contribution in [0.25, 0.3) is 0 Å². The molecule has 15 nitrogen and oxygen atoms in total. The van der Waals surface area contributed by atoms with E-state index in [-0.39, 0.29) is 44.8 Å². The SMILES string of the molecule is Cl.N.N.NCCN(CCN)c1nc(Nc2ccc(C(=O)Oc3ccccc3)c([N+](=O)[O-])c2)nc(N2CCCCC2)n1.[HH].[HH]. The van der Waals surface area contributed by atoms with E-state index in [4.69, 9.17) is 16.2 Å².